The molecule has 0 atom stereocenters. The van der Waals surface area contributed by atoms with E-state index in [-0.39, 0.29) is 24.2 Å². The lowest BCUT2D eigenvalue weighted by atomic mass is 10.1. The molecule has 4 aromatic rings. The molecule has 1 aliphatic heterocycles. The third-order valence-electron chi connectivity index (χ3n) is 7.79. The molecule has 0 radical (unpaired) electrons. The van der Waals surface area contributed by atoms with Crippen LogP contribution in [0.4, 0.5) is 0 Å². The quantitative estimate of drug-likeness (QED) is 0.156. The topological polar surface area (TPSA) is 141 Å². The van der Waals surface area contributed by atoms with Gasteiger partial charge in [0.15, 0.2) is 6.54 Å². The van der Waals surface area contributed by atoms with Crippen LogP contribution in [0.2, 0.25) is 0 Å². The Hall–Kier alpha value is -3.31. The SMILES string of the molecule is CCn1c(=O)c(=CC=C2SC(C)=C(c3ccccc3)N2CCCS(=O)(=O)O)s/c1=C\c1sc(C)c(-c2ccccc2)[n+]1CCCS(=O)(=O)[O-]. The molecule has 0 amide bonds. The summed E-state index contributed by atoms with van der Waals surface area (Å²) in [7, 11) is -8.49. The zero-order valence-electron chi connectivity index (χ0n) is 27.2. The van der Waals surface area contributed by atoms with Crippen LogP contribution in [0.5, 0.6) is 0 Å². The van der Waals surface area contributed by atoms with Crippen molar-refractivity contribution in [3.05, 3.63) is 112 Å². The summed E-state index contributed by atoms with van der Waals surface area (Å²) in [5.74, 6) is -0.835. The first-order chi connectivity index (χ1) is 23.3. The van der Waals surface area contributed by atoms with Gasteiger partial charge in [0.1, 0.15) is 4.66 Å². The maximum Gasteiger partial charge on any atom is 0.269 e. The highest BCUT2D eigenvalue weighted by Gasteiger charge is 2.27. The van der Waals surface area contributed by atoms with E-state index in [1.54, 1.807) is 10.6 Å². The van der Waals surface area contributed by atoms with Crippen LogP contribution in [0.3, 0.4) is 0 Å². The number of allylic oxidation sites excluding steroid dienone is 2. The molecule has 10 nitrogen and oxygen atoms in total. The highest BCUT2D eigenvalue weighted by atomic mass is 32.2. The fraction of sp³-hybridized carbons (Fsp3) is 0.294. The van der Waals surface area contributed by atoms with Crippen molar-refractivity contribution < 1.29 is 30.5 Å². The third-order valence-corrected chi connectivity index (χ3v) is 12.6. The van der Waals surface area contributed by atoms with Crippen LogP contribution < -0.4 is 19.3 Å². The molecule has 49 heavy (non-hydrogen) atoms. The summed E-state index contributed by atoms with van der Waals surface area (Å²) < 4.78 is 71.5. The minimum absolute atomic E-state index is 0.148. The van der Waals surface area contributed by atoms with E-state index in [4.69, 9.17) is 0 Å². The molecular formula is C34H37N3O7S5. The van der Waals surface area contributed by atoms with E-state index < -0.39 is 26.0 Å². The number of thioether (sulfide) groups is 1. The summed E-state index contributed by atoms with van der Waals surface area (Å²) in [6.45, 7) is 7.00. The first-order valence-electron chi connectivity index (χ1n) is 15.6. The van der Waals surface area contributed by atoms with Gasteiger partial charge in [-0.3, -0.25) is 13.9 Å². The lowest BCUT2D eigenvalue weighted by Gasteiger charge is -2.23. The average molecular weight is 760 g/mol. The highest BCUT2D eigenvalue weighted by molar-refractivity contribution is 8.07. The molecular weight excluding hydrogens is 723 g/mol. The average Bonchev–Trinajstić information content (AvgIpc) is 3.64. The largest absolute Gasteiger partial charge is 0.748 e. The fourth-order valence-corrected chi connectivity index (χ4v) is 9.99. The van der Waals surface area contributed by atoms with Gasteiger partial charge in [0.25, 0.3) is 20.7 Å². The van der Waals surface area contributed by atoms with Crippen molar-refractivity contribution in [1.82, 2.24) is 9.47 Å². The predicted octanol–water partition coefficient (Wildman–Crippen LogP) is 4.36. The Morgan fingerprint density at radius 2 is 1.55 bits per heavy atom. The van der Waals surface area contributed by atoms with Crippen molar-refractivity contribution in [3.63, 3.8) is 0 Å². The third kappa shape index (κ3) is 9.28. The van der Waals surface area contributed by atoms with Crippen LogP contribution >= 0.6 is 34.4 Å². The Kier molecular flexibility index (Phi) is 11.8. The van der Waals surface area contributed by atoms with Crippen LogP contribution in [0.15, 0.2) is 81.5 Å². The summed E-state index contributed by atoms with van der Waals surface area (Å²) >= 11 is 4.42. The van der Waals surface area contributed by atoms with Crippen molar-refractivity contribution in [1.29, 1.82) is 0 Å². The van der Waals surface area contributed by atoms with Gasteiger partial charge in [-0.05, 0) is 57.0 Å². The van der Waals surface area contributed by atoms with Gasteiger partial charge >= 0.3 is 0 Å². The second-order valence-corrected chi connectivity index (χ2v) is 17.9. The number of aryl methyl sites for hydroxylation is 1. The molecule has 15 heteroatoms. The van der Waals surface area contributed by atoms with E-state index in [1.165, 1.54) is 34.4 Å². The number of rotatable bonds is 13. The first kappa shape index (κ1) is 37.0. The van der Waals surface area contributed by atoms with Crippen LogP contribution in [0.25, 0.3) is 29.1 Å². The second kappa shape index (κ2) is 15.7. The molecule has 0 unspecified atom stereocenters. The van der Waals surface area contributed by atoms with E-state index in [0.717, 1.165) is 47.0 Å². The lowest BCUT2D eigenvalue weighted by molar-refractivity contribution is -0.683. The molecule has 0 fully saturated rings. The van der Waals surface area contributed by atoms with Crippen molar-refractivity contribution in [2.75, 3.05) is 18.1 Å². The van der Waals surface area contributed by atoms with E-state index in [1.807, 2.05) is 103 Å². The van der Waals surface area contributed by atoms with Gasteiger partial charge in [-0.1, -0.05) is 71.6 Å². The minimum Gasteiger partial charge on any atom is -0.748 e. The number of nitrogens with zero attached hydrogens (tertiary/aromatic N) is 3. The van der Waals surface area contributed by atoms with Gasteiger partial charge in [-0.25, -0.2) is 8.42 Å². The second-order valence-electron chi connectivity index (χ2n) is 11.3. The van der Waals surface area contributed by atoms with Gasteiger partial charge in [0.2, 0.25) is 5.69 Å². The number of hydrogen-bond acceptors (Lipinski definition) is 10. The molecule has 5 rings (SSSR count). The number of thiazole rings is 2. The lowest BCUT2D eigenvalue weighted by Crippen LogP contribution is -2.39. The normalized spacial score (nSPS) is 15.7. The Morgan fingerprint density at radius 1 is 0.898 bits per heavy atom. The van der Waals surface area contributed by atoms with Gasteiger partial charge in [-0.15, -0.1) is 11.3 Å². The van der Waals surface area contributed by atoms with E-state index in [0.29, 0.717) is 24.2 Å². The van der Waals surface area contributed by atoms with Gasteiger partial charge in [0.05, 0.1) is 42.1 Å². The number of hydrogen-bond donors (Lipinski definition) is 1. The molecule has 3 heterocycles. The summed E-state index contributed by atoms with van der Waals surface area (Å²) in [5.41, 5.74) is 3.68. The number of benzene rings is 2. The van der Waals surface area contributed by atoms with E-state index in [2.05, 4.69) is 0 Å². The van der Waals surface area contributed by atoms with Gasteiger partial charge in [0, 0.05) is 35.7 Å². The highest BCUT2D eigenvalue weighted by Crippen LogP contribution is 2.45. The molecule has 0 saturated heterocycles. The van der Waals surface area contributed by atoms with E-state index >= 15 is 0 Å². The summed E-state index contributed by atoms with van der Waals surface area (Å²) in [6, 6.07) is 19.6. The Balaban J connectivity index is 1.57. The zero-order valence-corrected chi connectivity index (χ0v) is 31.3. The first-order valence-corrected chi connectivity index (χ1v) is 21.2. The van der Waals surface area contributed by atoms with E-state index in [9.17, 15) is 30.7 Å². The molecule has 1 aliphatic rings. The maximum absolute atomic E-state index is 13.7. The van der Waals surface area contributed by atoms with Crippen molar-refractivity contribution >= 4 is 72.5 Å². The van der Waals surface area contributed by atoms with Crippen LogP contribution in [0, 0.1) is 6.92 Å². The summed E-state index contributed by atoms with van der Waals surface area (Å²) in [4.78, 5) is 17.7. The standard InChI is InChI=1S/C34H37N3O7S5/c1-4-35-30(23-31-37(20-12-22-49(42,43)44)33(25(3)46-31)27-15-9-6-10-16-27)47-28(34(35)38)17-18-29-36(19-11-21-48(39,40)41)32(24(2)45-29)26-13-7-5-8-14-26/h5-10,13-18,23H,4,11-12,19-22H2,1-3H3,(H-,39,40,41,42,43,44). The monoisotopic (exact) mass is 759 g/mol. The molecule has 260 valence electrons. The van der Waals surface area contributed by atoms with Crippen LogP contribution in [-0.4, -0.2) is 53.5 Å². The minimum atomic E-state index is -4.37. The molecule has 0 spiro atoms. The van der Waals surface area contributed by atoms with Crippen LogP contribution in [-0.2, 0) is 33.3 Å². The van der Waals surface area contributed by atoms with Crippen LogP contribution in [0.1, 0.15) is 42.1 Å². The van der Waals surface area contributed by atoms with Crippen molar-refractivity contribution in [2.24, 2.45) is 0 Å². The molecule has 2 aromatic heterocycles. The molecule has 2 aromatic carbocycles. The Bertz CT molecular complexity index is 2290. The Morgan fingerprint density at radius 3 is 2.16 bits per heavy atom. The Labute approximate surface area is 298 Å². The summed E-state index contributed by atoms with van der Waals surface area (Å²) in [6.07, 6.45) is 5.98. The van der Waals surface area contributed by atoms with Gasteiger partial charge in [-0.2, -0.15) is 13.0 Å². The zero-order chi connectivity index (χ0) is 35.3. The van der Waals surface area contributed by atoms with Gasteiger partial charge < -0.3 is 9.45 Å². The van der Waals surface area contributed by atoms with Crippen molar-refractivity contribution in [3.8, 4) is 11.3 Å². The molecule has 0 aliphatic carbocycles. The summed E-state index contributed by atoms with van der Waals surface area (Å²) in [5, 5.41) is 1.66. The predicted molar refractivity (Wildman–Crippen MR) is 198 cm³/mol. The molecule has 0 bridgehead atoms. The maximum atomic E-state index is 13.7. The number of aromatic nitrogens is 2. The molecule has 1 N–H and O–H groups in total. The van der Waals surface area contributed by atoms with Crippen molar-refractivity contribution in [2.45, 2.75) is 46.7 Å². The fourth-order valence-electron chi connectivity index (χ4n) is 5.72. The smallest absolute Gasteiger partial charge is 0.269 e. The molecule has 0 saturated carbocycles.